The highest BCUT2D eigenvalue weighted by Gasteiger charge is 2.55. The molecule has 3 atom stereocenters. The number of benzene rings is 1. The summed E-state index contributed by atoms with van der Waals surface area (Å²) in [6.07, 6.45) is 1.02. The van der Waals surface area contributed by atoms with Gasteiger partial charge in [0.25, 0.3) is 0 Å². The van der Waals surface area contributed by atoms with Crippen LogP contribution in [0, 0.1) is 17.3 Å². The quantitative estimate of drug-likeness (QED) is 0.865. The molecule has 1 amide bonds. The molecule has 2 saturated heterocycles. The number of nitrogens with zero attached hydrogens (tertiary/aromatic N) is 1. The Morgan fingerprint density at radius 2 is 2.16 bits per heavy atom. The van der Waals surface area contributed by atoms with E-state index < -0.39 is 11.4 Å². The fourth-order valence-electron chi connectivity index (χ4n) is 4.25. The average Bonchev–Trinajstić information content (AvgIpc) is 3.01. The van der Waals surface area contributed by atoms with Gasteiger partial charge in [-0.2, -0.15) is 0 Å². The maximum absolute atomic E-state index is 13.0. The van der Waals surface area contributed by atoms with Gasteiger partial charge in [0.1, 0.15) is 12.4 Å². The largest absolute Gasteiger partial charge is 0.492 e. The van der Waals surface area contributed by atoms with Gasteiger partial charge >= 0.3 is 5.97 Å². The number of ether oxygens (including phenoxy) is 2. The Balaban J connectivity index is 1.51. The Morgan fingerprint density at radius 1 is 1.32 bits per heavy atom. The number of carboxylic acids is 1. The number of aliphatic carboxylic acids is 1. The van der Waals surface area contributed by atoms with Crippen molar-refractivity contribution >= 4 is 23.5 Å². The van der Waals surface area contributed by atoms with E-state index in [9.17, 15) is 14.7 Å². The molecule has 3 heterocycles. The van der Waals surface area contributed by atoms with Gasteiger partial charge in [0, 0.05) is 30.6 Å². The molecule has 7 heteroatoms. The molecule has 0 aliphatic carbocycles. The smallest absolute Gasteiger partial charge is 0.311 e. The van der Waals surface area contributed by atoms with Crippen molar-refractivity contribution in [1.82, 2.24) is 4.90 Å². The van der Waals surface area contributed by atoms with E-state index in [1.54, 1.807) is 11.0 Å². The lowest BCUT2D eigenvalue weighted by Crippen LogP contribution is -2.45. The molecule has 0 saturated carbocycles. The number of carbonyl (C=O) groups is 2. The first kappa shape index (κ1) is 16.7. The van der Waals surface area contributed by atoms with Crippen LogP contribution in [0.5, 0.6) is 5.75 Å². The first-order valence-corrected chi connectivity index (χ1v) is 8.88. The number of rotatable bonds is 2. The molecule has 1 aromatic carbocycles. The van der Waals surface area contributed by atoms with E-state index in [1.807, 2.05) is 12.1 Å². The lowest BCUT2D eigenvalue weighted by atomic mass is 9.74. The maximum atomic E-state index is 13.0. The van der Waals surface area contributed by atoms with E-state index in [0.717, 1.165) is 11.3 Å². The van der Waals surface area contributed by atoms with Crippen LogP contribution in [0.1, 0.15) is 12.0 Å². The van der Waals surface area contributed by atoms with Crippen molar-refractivity contribution in [3.05, 3.63) is 28.8 Å². The third kappa shape index (κ3) is 2.77. The zero-order valence-corrected chi connectivity index (χ0v) is 14.5. The summed E-state index contributed by atoms with van der Waals surface area (Å²) in [6, 6.07) is 5.41. The topological polar surface area (TPSA) is 76.1 Å². The van der Waals surface area contributed by atoms with E-state index >= 15 is 0 Å². The summed E-state index contributed by atoms with van der Waals surface area (Å²) in [4.78, 5) is 26.5. The SMILES string of the molecule is O=C(C1COc2ccc(Cl)cc2C1)N1C[C@H]2COCC[C@@]2(C(=O)O)C1. The number of halogens is 1. The molecule has 3 aliphatic rings. The van der Waals surface area contributed by atoms with Crippen LogP contribution in [-0.4, -0.2) is 54.8 Å². The number of carboxylic acid groups (broad SMARTS) is 1. The second-order valence-corrected chi connectivity index (χ2v) is 7.60. The molecular formula is C18H20ClNO5. The molecule has 1 aromatic rings. The van der Waals surface area contributed by atoms with Crippen molar-refractivity contribution in [3.63, 3.8) is 0 Å². The van der Waals surface area contributed by atoms with Crippen LogP contribution < -0.4 is 4.74 Å². The van der Waals surface area contributed by atoms with E-state index in [0.29, 0.717) is 44.2 Å². The zero-order chi connectivity index (χ0) is 17.6. The molecule has 0 spiro atoms. The van der Waals surface area contributed by atoms with Crippen molar-refractivity contribution in [2.24, 2.45) is 17.3 Å². The second kappa shape index (κ2) is 6.18. The van der Waals surface area contributed by atoms with E-state index in [-0.39, 0.29) is 24.3 Å². The summed E-state index contributed by atoms with van der Waals surface area (Å²) >= 11 is 6.04. The molecule has 1 unspecified atom stereocenters. The molecule has 6 nitrogen and oxygen atoms in total. The summed E-state index contributed by atoms with van der Waals surface area (Å²) in [5, 5.41) is 10.4. The molecule has 0 bridgehead atoms. The van der Waals surface area contributed by atoms with Crippen LogP contribution in [0.15, 0.2) is 18.2 Å². The van der Waals surface area contributed by atoms with Crippen molar-refractivity contribution in [2.45, 2.75) is 12.8 Å². The summed E-state index contributed by atoms with van der Waals surface area (Å²) in [6.45, 7) is 1.84. The molecule has 4 rings (SSSR count). The first-order chi connectivity index (χ1) is 12.0. The normalized spacial score (nSPS) is 31.0. The number of hydrogen-bond acceptors (Lipinski definition) is 4. The van der Waals surface area contributed by atoms with Crippen molar-refractivity contribution in [2.75, 3.05) is 32.9 Å². The number of amides is 1. The van der Waals surface area contributed by atoms with Crippen molar-refractivity contribution < 1.29 is 24.2 Å². The minimum absolute atomic E-state index is 0.0411. The van der Waals surface area contributed by atoms with Crippen LogP contribution in [-0.2, 0) is 20.7 Å². The van der Waals surface area contributed by atoms with Crippen molar-refractivity contribution in [3.8, 4) is 5.75 Å². The highest BCUT2D eigenvalue weighted by Crippen LogP contribution is 2.43. The van der Waals surface area contributed by atoms with E-state index in [4.69, 9.17) is 21.1 Å². The van der Waals surface area contributed by atoms with Crippen LogP contribution in [0.2, 0.25) is 5.02 Å². The highest BCUT2D eigenvalue weighted by molar-refractivity contribution is 6.30. The number of likely N-dealkylation sites (tertiary alicyclic amines) is 1. The summed E-state index contributed by atoms with van der Waals surface area (Å²) in [7, 11) is 0. The molecular weight excluding hydrogens is 346 g/mol. The van der Waals surface area contributed by atoms with Gasteiger partial charge in [-0.3, -0.25) is 9.59 Å². The van der Waals surface area contributed by atoms with Crippen LogP contribution >= 0.6 is 11.6 Å². The first-order valence-electron chi connectivity index (χ1n) is 8.51. The Labute approximate surface area is 150 Å². The summed E-state index contributed by atoms with van der Waals surface area (Å²) in [5.74, 6) is -0.556. The van der Waals surface area contributed by atoms with Crippen LogP contribution in [0.4, 0.5) is 0 Å². The third-order valence-electron chi connectivity index (χ3n) is 5.72. The fourth-order valence-corrected chi connectivity index (χ4v) is 4.44. The Hall–Kier alpha value is -1.79. The molecule has 0 aromatic heterocycles. The molecule has 134 valence electrons. The Morgan fingerprint density at radius 3 is 2.92 bits per heavy atom. The van der Waals surface area contributed by atoms with Crippen LogP contribution in [0.25, 0.3) is 0 Å². The molecule has 25 heavy (non-hydrogen) atoms. The van der Waals surface area contributed by atoms with E-state index in [2.05, 4.69) is 0 Å². The van der Waals surface area contributed by atoms with Gasteiger partial charge in [0.15, 0.2) is 0 Å². The molecule has 0 radical (unpaired) electrons. The standard InChI is InChI=1S/C18H20ClNO5/c19-14-1-2-15-11(6-14)5-12(8-25-15)16(21)20-7-13-9-24-4-3-18(13,10-20)17(22)23/h1-2,6,12-13H,3-5,7-10H2,(H,22,23)/t12?,13-,18+/m0/s1. The predicted molar refractivity (Wildman–Crippen MR) is 89.7 cm³/mol. The zero-order valence-electron chi connectivity index (χ0n) is 13.7. The van der Waals surface area contributed by atoms with Gasteiger partial charge in [-0.15, -0.1) is 0 Å². The lowest BCUT2D eigenvalue weighted by molar-refractivity contribution is -0.157. The second-order valence-electron chi connectivity index (χ2n) is 7.17. The van der Waals surface area contributed by atoms with Crippen molar-refractivity contribution in [1.29, 1.82) is 0 Å². The van der Waals surface area contributed by atoms with Gasteiger partial charge in [-0.05, 0) is 36.6 Å². The highest BCUT2D eigenvalue weighted by atomic mass is 35.5. The maximum Gasteiger partial charge on any atom is 0.311 e. The van der Waals surface area contributed by atoms with Crippen LogP contribution in [0.3, 0.4) is 0 Å². The molecule has 1 N–H and O–H groups in total. The minimum Gasteiger partial charge on any atom is -0.492 e. The lowest BCUT2D eigenvalue weighted by Gasteiger charge is -2.34. The fraction of sp³-hybridized carbons (Fsp3) is 0.556. The summed E-state index contributed by atoms with van der Waals surface area (Å²) in [5.41, 5.74) is 0.0509. The molecule has 2 fully saturated rings. The predicted octanol–water partition coefficient (Wildman–Crippen LogP) is 1.84. The van der Waals surface area contributed by atoms with Gasteiger partial charge in [-0.25, -0.2) is 0 Å². The van der Waals surface area contributed by atoms with E-state index in [1.165, 1.54) is 0 Å². The average molecular weight is 366 g/mol. The van der Waals surface area contributed by atoms with Gasteiger partial charge in [0.05, 0.1) is 17.9 Å². The van der Waals surface area contributed by atoms with Gasteiger partial charge in [-0.1, -0.05) is 11.6 Å². The Bertz CT molecular complexity index is 723. The Kier molecular flexibility index (Phi) is 4.12. The third-order valence-corrected chi connectivity index (χ3v) is 5.96. The van der Waals surface area contributed by atoms with Gasteiger partial charge < -0.3 is 19.5 Å². The van der Waals surface area contributed by atoms with Gasteiger partial charge in [0.2, 0.25) is 5.91 Å². The molecule has 3 aliphatic heterocycles. The number of fused-ring (bicyclic) bond motifs is 2. The number of carbonyl (C=O) groups excluding carboxylic acids is 1. The monoisotopic (exact) mass is 365 g/mol. The summed E-state index contributed by atoms with van der Waals surface area (Å²) < 4.78 is 11.2. The minimum atomic E-state index is -0.870. The number of hydrogen-bond donors (Lipinski definition) is 1.